The van der Waals surface area contributed by atoms with Crippen LogP contribution < -0.4 is 10.5 Å². The third-order valence-corrected chi connectivity index (χ3v) is 4.98. The predicted octanol–water partition coefficient (Wildman–Crippen LogP) is 1.70. The summed E-state index contributed by atoms with van der Waals surface area (Å²) in [6.07, 6.45) is 1.91. The predicted molar refractivity (Wildman–Crippen MR) is 77.0 cm³/mol. The highest BCUT2D eigenvalue weighted by molar-refractivity contribution is 7.98. The second-order valence-electron chi connectivity index (χ2n) is 4.51. The van der Waals surface area contributed by atoms with Gasteiger partial charge in [0.15, 0.2) is 11.6 Å². The Labute approximate surface area is 122 Å². The molecule has 4 nitrogen and oxygen atoms in total. The molecule has 1 unspecified atom stereocenters. The highest BCUT2D eigenvalue weighted by Gasteiger charge is 2.23. The summed E-state index contributed by atoms with van der Waals surface area (Å²) in [4.78, 5) is -0.700. The molecule has 0 heterocycles. The number of sulfonamides is 1. The van der Waals surface area contributed by atoms with Crippen molar-refractivity contribution < 1.29 is 17.2 Å². The lowest BCUT2D eigenvalue weighted by molar-refractivity contribution is 0.480. The van der Waals surface area contributed by atoms with Crippen molar-refractivity contribution in [2.24, 2.45) is 11.7 Å². The summed E-state index contributed by atoms with van der Waals surface area (Å²) in [7, 11) is -4.09. The normalized spacial score (nSPS) is 13.4. The van der Waals surface area contributed by atoms with E-state index in [1.807, 2.05) is 13.2 Å². The Balaban J connectivity index is 3.00. The largest absolute Gasteiger partial charge is 0.326 e. The van der Waals surface area contributed by atoms with Crippen LogP contribution in [-0.4, -0.2) is 27.0 Å². The van der Waals surface area contributed by atoms with Gasteiger partial charge < -0.3 is 5.73 Å². The van der Waals surface area contributed by atoms with Gasteiger partial charge in [0.2, 0.25) is 10.0 Å². The fourth-order valence-corrected chi connectivity index (χ4v) is 3.59. The van der Waals surface area contributed by atoms with Gasteiger partial charge in [0.1, 0.15) is 4.90 Å². The fraction of sp³-hybridized carbons (Fsp3) is 0.500. The van der Waals surface area contributed by atoms with Gasteiger partial charge in [-0.05, 0) is 35.6 Å². The molecule has 8 heteroatoms. The molecule has 0 fully saturated rings. The van der Waals surface area contributed by atoms with Crippen LogP contribution in [0.2, 0.25) is 0 Å². The summed E-state index contributed by atoms with van der Waals surface area (Å²) >= 11 is 1.58. The molecule has 0 saturated carbocycles. The van der Waals surface area contributed by atoms with Crippen LogP contribution >= 0.6 is 11.8 Å². The minimum absolute atomic E-state index is 0.0669. The van der Waals surface area contributed by atoms with Crippen molar-refractivity contribution >= 4 is 21.8 Å². The molecule has 0 bridgehead atoms. The molecule has 0 aromatic heterocycles. The van der Waals surface area contributed by atoms with Gasteiger partial charge in [-0.3, -0.25) is 0 Å². The second-order valence-corrected chi connectivity index (χ2v) is 7.15. The molecule has 1 atom stereocenters. The zero-order valence-electron chi connectivity index (χ0n) is 11.3. The number of rotatable bonds is 7. The first-order chi connectivity index (χ1) is 9.31. The zero-order chi connectivity index (χ0) is 15.3. The van der Waals surface area contributed by atoms with Crippen molar-refractivity contribution in [3.05, 3.63) is 29.3 Å². The first-order valence-corrected chi connectivity index (χ1v) is 8.86. The molecule has 0 aliphatic rings. The molecule has 0 aliphatic carbocycles. The molecule has 0 aliphatic heterocycles. The highest BCUT2D eigenvalue weighted by Crippen LogP contribution is 2.20. The minimum Gasteiger partial charge on any atom is -0.326 e. The molecule has 0 radical (unpaired) electrons. The number of hydrogen-bond donors (Lipinski definition) is 2. The van der Waals surface area contributed by atoms with E-state index in [9.17, 15) is 17.2 Å². The van der Waals surface area contributed by atoms with Gasteiger partial charge in [-0.2, -0.15) is 11.8 Å². The Kier molecular flexibility index (Phi) is 6.38. The Morgan fingerprint density at radius 1 is 1.40 bits per heavy atom. The Hall–Kier alpha value is -0.700. The summed E-state index contributed by atoms with van der Waals surface area (Å²) in [5.41, 5.74) is 5.56. The van der Waals surface area contributed by atoms with Crippen LogP contribution in [0.25, 0.3) is 0 Å². The lowest BCUT2D eigenvalue weighted by atomic mass is 10.2. The lowest BCUT2D eigenvalue weighted by Gasteiger charge is -2.13. The summed E-state index contributed by atoms with van der Waals surface area (Å²) in [5, 5.41) is 0. The molecule has 0 spiro atoms. The van der Waals surface area contributed by atoms with E-state index in [1.165, 1.54) is 0 Å². The molecule has 1 aromatic carbocycles. The van der Waals surface area contributed by atoms with Gasteiger partial charge in [0, 0.05) is 13.1 Å². The topological polar surface area (TPSA) is 72.2 Å². The van der Waals surface area contributed by atoms with Gasteiger partial charge in [0.25, 0.3) is 0 Å². The van der Waals surface area contributed by atoms with E-state index >= 15 is 0 Å². The Bertz CT molecular complexity index is 565. The van der Waals surface area contributed by atoms with Crippen LogP contribution in [0.3, 0.4) is 0 Å². The van der Waals surface area contributed by atoms with Gasteiger partial charge in [-0.15, -0.1) is 0 Å². The SMILES string of the molecule is CSCC(C)CNS(=O)(=O)c1cc(CN)cc(F)c1F. The van der Waals surface area contributed by atoms with Crippen LogP contribution in [0.1, 0.15) is 12.5 Å². The molecule has 0 amide bonds. The minimum atomic E-state index is -4.09. The number of thioether (sulfide) groups is 1. The van der Waals surface area contributed by atoms with E-state index in [0.29, 0.717) is 0 Å². The standard InChI is InChI=1S/C12H18F2N2O2S2/c1-8(7-19-2)6-16-20(17,18)11-4-9(5-15)3-10(13)12(11)14/h3-4,8,16H,5-7,15H2,1-2H3. The number of nitrogens with one attached hydrogen (secondary N) is 1. The summed E-state index contributed by atoms with van der Waals surface area (Å²) in [5.74, 6) is -1.74. The smallest absolute Gasteiger partial charge is 0.243 e. The molecule has 1 aromatic rings. The Morgan fingerprint density at radius 3 is 2.60 bits per heavy atom. The molecular weight excluding hydrogens is 306 g/mol. The maximum absolute atomic E-state index is 13.6. The summed E-state index contributed by atoms with van der Waals surface area (Å²) in [6.45, 7) is 1.96. The van der Waals surface area contributed by atoms with E-state index in [-0.39, 0.29) is 24.6 Å². The lowest BCUT2D eigenvalue weighted by Crippen LogP contribution is -2.30. The quantitative estimate of drug-likeness (QED) is 0.801. The van der Waals surface area contributed by atoms with E-state index in [0.717, 1.165) is 17.9 Å². The number of halogens is 2. The number of hydrogen-bond acceptors (Lipinski definition) is 4. The van der Waals surface area contributed by atoms with Crippen LogP contribution in [0.15, 0.2) is 17.0 Å². The third kappa shape index (κ3) is 4.41. The first kappa shape index (κ1) is 17.4. The summed E-state index contributed by atoms with van der Waals surface area (Å²) < 4.78 is 53.3. The monoisotopic (exact) mass is 324 g/mol. The maximum Gasteiger partial charge on any atom is 0.243 e. The summed E-state index contributed by atoms with van der Waals surface area (Å²) in [6, 6.07) is 1.95. The van der Waals surface area contributed by atoms with Crippen molar-refractivity contribution in [3.8, 4) is 0 Å². The van der Waals surface area contributed by atoms with E-state index in [1.54, 1.807) is 11.8 Å². The Morgan fingerprint density at radius 2 is 2.05 bits per heavy atom. The van der Waals surface area contributed by atoms with E-state index < -0.39 is 26.6 Å². The van der Waals surface area contributed by atoms with Crippen molar-refractivity contribution in [3.63, 3.8) is 0 Å². The van der Waals surface area contributed by atoms with Crippen molar-refractivity contribution in [1.82, 2.24) is 4.72 Å². The first-order valence-electron chi connectivity index (χ1n) is 5.98. The van der Waals surface area contributed by atoms with Gasteiger partial charge in [0.05, 0.1) is 0 Å². The molecule has 3 N–H and O–H groups in total. The molecule has 1 rings (SSSR count). The molecule has 114 valence electrons. The van der Waals surface area contributed by atoms with Gasteiger partial charge in [-0.25, -0.2) is 21.9 Å². The zero-order valence-corrected chi connectivity index (χ0v) is 13.0. The third-order valence-electron chi connectivity index (χ3n) is 2.65. The second kappa shape index (κ2) is 7.35. The van der Waals surface area contributed by atoms with Crippen LogP contribution in [0.5, 0.6) is 0 Å². The van der Waals surface area contributed by atoms with Crippen LogP contribution in [-0.2, 0) is 16.6 Å². The number of nitrogens with two attached hydrogens (primary N) is 1. The molecule has 0 saturated heterocycles. The van der Waals surface area contributed by atoms with Crippen LogP contribution in [0, 0.1) is 17.6 Å². The van der Waals surface area contributed by atoms with Gasteiger partial charge >= 0.3 is 0 Å². The van der Waals surface area contributed by atoms with Crippen molar-refractivity contribution in [2.75, 3.05) is 18.6 Å². The van der Waals surface area contributed by atoms with Crippen molar-refractivity contribution in [2.45, 2.75) is 18.4 Å². The van der Waals surface area contributed by atoms with E-state index in [2.05, 4.69) is 4.72 Å². The van der Waals surface area contributed by atoms with Crippen LogP contribution in [0.4, 0.5) is 8.78 Å². The maximum atomic E-state index is 13.6. The van der Waals surface area contributed by atoms with E-state index in [4.69, 9.17) is 5.73 Å². The van der Waals surface area contributed by atoms with Gasteiger partial charge in [-0.1, -0.05) is 6.92 Å². The number of benzene rings is 1. The average molecular weight is 324 g/mol. The highest BCUT2D eigenvalue weighted by atomic mass is 32.2. The molecule has 20 heavy (non-hydrogen) atoms. The molecular formula is C12H18F2N2O2S2. The average Bonchev–Trinajstić information content (AvgIpc) is 2.39. The fourth-order valence-electron chi connectivity index (χ4n) is 1.60. The van der Waals surface area contributed by atoms with Crippen molar-refractivity contribution in [1.29, 1.82) is 0 Å².